The number of hydrogen-bond acceptors (Lipinski definition) is 6. The van der Waals surface area contributed by atoms with Crippen LogP contribution in [-0.4, -0.2) is 33.1 Å². The van der Waals surface area contributed by atoms with Crippen molar-refractivity contribution in [2.45, 2.75) is 42.0 Å². The molecule has 20 heavy (non-hydrogen) atoms. The van der Waals surface area contributed by atoms with Crippen LogP contribution in [0, 0.1) is 0 Å². The number of aromatic nitrogens is 2. The normalized spacial score (nSPS) is 14.9. The second-order valence-corrected chi connectivity index (χ2v) is 6.67. The van der Waals surface area contributed by atoms with Crippen molar-refractivity contribution >= 4 is 29.5 Å². The van der Waals surface area contributed by atoms with Crippen LogP contribution >= 0.6 is 23.5 Å². The number of ether oxygens (including phenoxy) is 1. The van der Waals surface area contributed by atoms with Crippen molar-refractivity contribution in [1.29, 1.82) is 0 Å². The van der Waals surface area contributed by atoms with E-state index in [4.69, 9.17) is 4.74 Å². The van der Waals surface area contributed by atoms with Gasteiger partial charge >= 0.3 is 5.97 Å². The first kappa shape index (κ1) is 15.4. The number of thioether (sulfide) groups is 2. The topological polar surface area (TPSA) is 61.2 Å². The molecule has 0 aromatic carbocycles. The van der Waals surface area contributed by atoms with Crippen LogP contribution in [0.15, 0.2) is 14.8 Å². The van der Waals surface area contributed by atoms with Crippen molar-refractivity contribution in [2.24, 2.45) is 7.05 Å². The number of carbonyl (C=O) groups excluding carboxylic acids is 1. The largest absolute Gasteiger partial charge is 0.465 e. The van der Waals surface area contributed by atoms with Crippen molar-refractivity contribution in [3.05, 3.63) is 16.0 Å². The van der Waals surface area contributed by atoms with Gasteiger partial charge in [0, 0.05) is 19.2 Å². The molecule has 1 aliphatic rings. The molecule has 1 aromatic heterocycles. The van der Waals surface area contributed by atoms with Crippen LogP contribution in [0.1, 0.15) is 26.0 Å². The smallest absolute Gasteiger partial charge is 0.319 e. The summed E-state index contributed by atoms with van der Waals surface area (Å²) < 4.78 is 6.58. The molecule has 0 bridgehead atoms. The van der Waals surface area contributed by atoms with Gasteiger partial charge < -0.3 is 4.74 Å². The second-order valence-electron chi connectivity index (χ2n) is 4.40. The van der Waals surface area contributed by atoms with E-state index in [1.807, 2.05) is 6.92 Å². The fourth-order valence-corrected chi connectivity index (χ4v) is 4.00. The Kier molecular flexibility index (Phi) is 5.15. The highest BCUT2D eigenvalue weighted by atomic mass is 32.2. The molecule has 1 atom stereocenters. The molecular formula is C13H18N2O3S2. The Hall–Kier alpha value is -0.950. The average molecular weight is 314 g/mol. The third kappa shape index (κ3) is 3.03. The number of hydrogen-bond donors (Lipinski definition) is 0. The fraction of sp³-hybridized carbons (Fsp3) is 0.615. The molecular weight excluding hydrogens is 296 g/mol. The number of aryl methyl sites for hydroxylation is 1. The quantitative estimate of drug-likeness (QED) is 0.470. The Morgan fingerprint density at radius 3 is 2.95 bits per heavy atom. The zero-order chi connectivity index (χ0) is 14.7. The van der Waals surface area contributed by atoms with Crippen LogP contribution in [-0.2, 0) is 23.0 Å². The molecule has 0 saturated heterocycles. The van der Waals surface area contributed by atoms with Crippen molar-refractivity contribution in [2.75, 3.05) is 12.4 Å². The minimum Gasteiger partial charge on any atom is -0.465 e. The lowest BCUT2D eigenvalue weighted by Crippen LogP contribution is -2.25. The summed E-state index contributed by atoms with van der Waals surface area (Å²) in [6.45, 7) is 4.08. The van der Waals surface area contributed by atoms with Crippen LogP contribution in [0.2, 0.25) is 0 Å². The van der Waals surface area contributed by atoms with E-state index in [1.54, 1.807) is 25.7 Å². The van der Waals surface area contributed by atoms with Gasteiger partial charge in [0.15, 0.2) is 5.16 Å². The lowest BCUT2D eigenvalue weighted by atomic mass is 10.3. The number of rotatable bonds is 5. The summed E-state index contributed by atoms with van der Waals surface area (Å²) in [5.41, 5.74) is 0.845. The van der Waals surface area contributed by atoms with E-state index in [1.165, 1.54) is 16.3 Å². The Labute approximate surface area is 126 Å². The van der Waals surface area contributed by atoms with Crippen LogP contribution < -0.4 is 5.56 Å². The molecule has 1 aliphatic heterocycles. The van der Waals surface area contributed by atoms with E-state index in [0.717, 1.165) is 22.8 Å². The van der Waals surface area contributed by atoms with Crippen LogP contribution in [0.5, 0.6) is 0 Å². The molecule has 0 amide bonds. The third-order valence-electron chi connectivity index (χ3n) is 3.03. The number of carbonyl (C=O) groups is 1. The summed E-state index contributed by atoms with van der Waals surface area (Å²) in [7, 11) is 1.70. The molecule has 0 unspecified atom stereocenters. The number of fused-ring (bicyclic) bond motifs is 1. The summed E-state index contributed by atoms with van der Waals surface area (Å²) in [4.78, 5) is 29.4. The highest BCUT2D eigenvalue weighted by Gasteiger charge is 2.25. The summed E-state index contributed by atoms with van der Waals surface area (Å²) in [5.74, 6) is 0.657. The predicted octanol–water partition coefficient (Wildman–Crippen LogP) is 1.86. The summed E-state index contributed by atoms with van der Waals surface area (Å²) >= 11 is 2.87. The minimum atomic E-state index is -0.319. The zero-order valence-electron chi connectivity index (χ0n) is 11.8. The highest BCUT2D eigenvalue weighted by molar-refractivity contribution is 8.00. The van der Waals surface area contributed by atoms with Gasteiger partial charge in [-0.25, -0.2) is 4.98 Å². The maximum Gasteiger partial charge on any atom is 0.319 e. The highest BCUT2D eigenvalue weighted by Crippen LogP contribution is 2.30. The minimum absolute atomic E-state index is 0.0151. The van der Waals surface area contributed by atoms with E-state index < -0.39 is 0 Å². The van der Waals surface area contributed by atoms with Gasteiger partial charge in [0.25, 0.3) is 5.56 Å². The summed E-state index contributed by atoms with van der Waals surface area (Å²) in [5, 5.41) is 0.274. The molecule has 0 saturated carbocycles. The van der Waals surface area contributed by atoms with Gasteiger partial charge in [-0.15, -0.1) is 11.8 Å². The van der Waals surface area contributed by atoms with Gasteiger partial charge in [-0.2, -0.15) is 0 Å². The molecule has 110 valence electrons. The van der Waals surface area contributed by atoms with Gasteiger partial charge in [0.2, 0.25) is 0 Å². The Morgan fingerprint density at radius 1 is 1.55 bits per heavy atom. The molecule has 2 rings (SSSR count). The summed E-state index contributed by atoms with van der Waals surface area (Å²) in [6, 6.07) is 0. The first-order valence-corrected chi connectivity index (χ1v) is 8.51. The molecule has 5 nitrogen and oxygen atoms in total. The average Bonchev–Trinajstić information content (AvgIpc) is 2.89. The van der Waals surface area contributed by atoms with Crippen molar-refractivity contribution in [3.8, 4) is 0 Å². The van der Waals surface area contributed by atoms with Crippen molar-refractivity contribution in [1.82, 2.24) is 9.55 Å². The van der Waals surface area contributed by atoms with E-state index in [0.29, 0.717) is 18.2 Å². The van der Waals surface area contributed by atoms with Gasteiger partial charge in [0.1, 0.15) is 5.25 Å². The molecule has 0 radical (unpaired) electrons. The Balaban J connectivity index is 2.27. The second kappa shape index (κ2) is 6.67. The van der Waals surface area contributed by atoms with Gasteiger partial charge in [-0.05, 0) is 13.3 Å². The molecule has 0 spiro atoms. The van der Waals surface area contributed by atoms with E-state index in [9.17, 15) is 9.59 Å². The Morgan fingerprint density at radius 2 is 2.30 bits per heavy atom. The maximum atomic E-state index is 12.2. The van der Waals surface area contributed by atoms with Gasteiger partial charge in [0.05, 0.1) is 17.2 Å². The SMILES string of the molecule is CCOC(=O)[C@@H](CC)Sc1nc2c(c(=O)n1C)SCC2. The molecule has 0 N–H and O–H groups in total. The van der Waals surface area contributed by atoms with Crippen molar-refractivity contribution < 1.29 is 9.53 Å². The zero-order valence-corrected chi connectivity index (χ0v) is 13.5. The molecule has 0 fully saturated rings. The van der Waals surface area contributed by atoms with Gasteiger partial charge in [-0.3, -0.25) is 14.2 Å². The molecule has 2 heterocycles. The maximum absolute atomic E-state index is 12.2. The number of esters is 1. The first-order valence-electron chi connectivity index (χ1n) is 6.64. The third-order valence-corrected chi connectivity index (χ3v) is 5.53. The van der Waals surface area contributed by atoms with E-state index >= 15 is 0 Å². The molecule has 7 heteroatoms. The predicted molar refractivity (Wildman–Crippen MR) is 80.5 cm³/mol. The fourth-order valence-electron chi connectivity index (χ4n) is 1.93. The van der Waals surface area contributed by atoms with Crippen molar-refractivity contribution in [3.63, 3.8) is 0 Å². The van der Waals surface area contributed by atoms with Crippen LogP contribution in [0.25, 0.3) is 0 Å². The van der Waals surface area contributed by atoms with Gasteiger partial charge in [-0.1, -0.05) is 18.7 Å². The first-order chi connectivity index (χ1) is 9.58. The standard InChI is InChI=1S/C13H18N2O3S2/c1-4-9(12(17)18-5-2)20-13-14-8-6-7-19-10(8)11(16)15(13)3/h9H,4-7H2,1-3H3/t9-/m1/s1. The van der Waals surface area contributed by atoms with E-state index in [-0.39, 0.29) is 16.8 Å². The van der Waals surface area contributed by atoms with E-state index in [2.05, 4.69) is 4.98 Å². The van der Waals surface area contributed by atoms with Crippen LogP contribution in [0.4, 0.5) is 0 Å². The molecule has 1 aromatic rings. The van der Waals surface area contributed by atoms with Crippen LogP contribution in [0.3, 0.4) is 0 Å². The number of nitrogens with zero attached hydrogens (tertiary/aromatic N) is 2. The summed E-state index contributed by atoms with van der Waals surface area (Å²) in [6.07, 6.45) is 1.46. The lowest BCUT2D eigenvalue weighted by molar-refractivity contribution is -0.142. The Bertz CT molecular complexity index is 571. The lowest BCUT2D eigenvalue weighted by Gasteiger charge is -2.15. The molecule has 0 aliphatic carbocycles. The monoisotopic (exact) mass is 314 g/mol.